The van der Waals surface area contributed by atoms with E-state index < -0.39 is 0 Å². The molecule has 0 radical (unpaired) electrons. The summed E-state index contributed by atoms with van der Waals surface area (Å²) in [6.07, 6.45) is 8.44. The first-order chi connectivity index (χ1) is 12.8. The molecule has 0 atom stereocenters. The normalized spacial score (nSPS) is 17.9. The topological polar surface area (TPSA) is 61.8 Å². The molecule has 2 aliphatic rings. The highest BCUT2D eigenvalue weighted by Crippen LogP contribution is 2.29. The average Bonchev–Trinajstić information content (AvgIpc) is 3.50. The van der Waals surface area contributed by atoms with E-state index in [0.717, 1.165) is 43.7 Å². The minimum atomic E-state index is 0. The van der Waals surface area contributed by atoms with Gasteiger partial charge in [-0.3, -0.25) is 0 Å². The summed E-state index contributed by atoms with van der Waals surface area (Å²) < 4.78 is 5.76. The molecule has 2 fully saturated rings. The van der Waals surface area contributed by atoms with Gasteiger partial charge in [-0.2, -0.15) is 0 Å². The standard InChI is InChI=1S/C20H33N5O.HI/c1-2-21-20(23-10-13-25-11-4-3-5-12-25)24-15-18-8-9-22-19(14-18)26-16-17-6-7-17;/h8-9,14,17H,2-7,10-13,15-16H2,1H3,(H2,21,23,24);1H. The smallest absolute Gasteiger partial charge is 0.213 e. The number of nitrogens with zero attached hydrogens (tertiary/aromatic N) is 3. The molecule has 2 heterocycles. The van der Waals surface area contributed by atoms with Gasteiger partial charge in [0.05, 0.1) is 13.2 Å². The van der Waals surface area contributed by atoms with E-state index in [1.54, 1.807) is 0 Å². The molecular formula is C20H34IN5O. The highest BCUT2D eigenvalue weighted by Gasteiger charge is 2.22. The number of likely N-dealkylation sites (tertiary alicyclic amines) is 1. The molecular weight excluding hydrogens is 453 g/mol. The zero-order valence-electron chi connectivity index (χ0n) is 16.5. The quantitative estimate of drug-likeness (QED) is 0.319. The van der Waals surface area contributed by atoms with Gasteiger partial charge in [0.25, 0.3) is 0 Å². The van der Waals surface area contributed by atoms with Crippen molar-refractivity contribution in [2.45, 2.75) is 45.6 Å². The van der Waals surface area contributed by atoms with Crippen molar-refractivity contribution in [3.05, 3.63) is 23.9 Å². The zero-order valence-corrected chi connectivity index (χ0v) is 18.8. The number of rotatable bonds is 9. The Bertz CT molecular complexity index is 573. The van der Waals surface area contributed by atoms with Crippen LogP contribution in [0.3, 0.4) is 0 Å². The maximum absolute atomic E-state index is 5.76. The molecule has 2 N–H and O–H groups in total. The lowest BCUT2D eigenvalue weighted by molar-refractivity contribution is 0.232. The number of nitrogens with one attached hydrogen (secondary N) is 2. The van der Waals surface area contributed by atoms with Gasteiger partial charge in [-0.15, -0.1) is 24.0 Å². The predicted octanol–water partition coefficient (Wildman–Crippen LogP) is 3.03. The van der Waals surface area contributed by atoms with E-state index in [4.69, 9.17) is 9.73 Å². The number of hydrogen-bond acceptors (Lipinski definition) is 4. The molecule has 1 aromatic heterocycles. The maximum atomic E-state index is 5.76. The molecule has 1 aliphatic carbocycles. The molecule has 1 saturated heterocycles. The fraction of sp³-hybridized carbons (Fsp3) is 0.700. The van der Waals surface area contributed by atoms with E-state index in [1.165, 1.54) is 45.2 Å². The third-order valence-electron chi connectivity index (χ3n) is 4.90. The lowest BCUT2D eigenvalue weighted by Gasteiger charge is -2.26. The van der Waals surface area contributed by atoms with Crippen LogP contribution in [0.5, 0.6) is 5.88 Å². The molecule has 27 heavy (non-hydrogen) atoms. The Labute approximate surface area is 180 Å². The van der Waals surface area contributed by atoms with Crippen molar-refractivity contribution in [2.75, 3.05) is 39.3 Å². The van der Waals surface area contributed by atoms with Gasteiger partial charge in [0.1, 0.15) is 0 Å². The van der Waals surface area contributed by atoms with Crippen LogP contribution in [0.15, 0.2) is 23.3 Å². The van der Waals surface area contributed by atoms with Crippen LogP contribution in [0.25, 0.3) is 0 Å². The summed E-state index contributed by atoms with van der Waals surface area (Å²) in [5.41, 5.74) is 1.12. The Morgan fingerprint density at radius 2 is 2.07 bits per heavy atom. The molecule has 0 unspecified atom stereocenters. The summed E-state index contributed by atoms with van der Waals surface area (Å²) in [4.78, 5) is 11.5. The Hall–Kier alpha value is -1.09. The van der Waals surface area contributed by atoms with Gasteiger partial charge < -0.3 is 20.3 Å². The lowest BCUT2D eigenvalue weighted by Crippen LogP contribution is -2.42. The van der Waals surface area contributed by atoms with Gasteiger partial charge in [-0.05, 0) is 63.2 Å². The SMILES string of the molecule is CCNC(=NCc1ccnc(OCC2CC2)c1)NCCN1CCCCC1.I. The van der Waals surface area contributed by atoms with Crippen molar-refractivity contribution in [1.29, 1.82) is 0 Å². The zero-order chi connectivity index (χ0) is 18.0. The summed E-state index contributed by atoms with van der Waals surface area (Å²) >= 11 is 0. The van der Waals surface area contributed by atoms with Crippen LogP contribution in [0.1, 0.15) is 44.6 Å². The molecule has 0 bridgehead atoms. The molecule has 0 amide bonds. The number of pyridine rings is 1. The lowest BCUT2D eigenvalue weighted by atomic mass is 10.1. The minimum absolute atomic E-state index is 0. The largest absolute Gasteiger partial charge is 0.477 e. The van der Waals surface area contributed by atoms with Crippen LogP contribution in [0, 0.1) is 5.92 Å². The van der Waals surface area contributed by atoms with Gasteiger partial charge in [-0.1, -0.05) is 6.42 Å². The van der Waals surface area contributed by atoms with Crippen molar-refractivity contribution >= 4 is 29.9 Å². The first kappa shape index (κ1) is 22.2. The average molecular weight is 487 g/mol. The Morgan fingerprint density at radius 3 is 2.81 bits per heavy atom. The van der Waals surface area contributed by atoms with E-state index >= 15 is 0 Å². The molecule has 152 valence electrons. The maximum Gasteiger partial charge on any atom is 0.213 e. The molecule has 1 aromatic rings. The summed E-state index contributed by atoms with van der Waals surface area (Å²) in [5.74, 6) is 2.33. The molecule has 0 spiro atoms. The Kier molecular flexibility index (Phi) is 10.2. The van der Waals surface area contributed by atoms with Crippen molar-refractivity contribution in [1.82, 2.24) is 20.5 Å². The van der Waals surface area contributed by atoms with Crippen LogP contribution >= 0.6 is 24.0 Å². The van der Waals surface area contributed by atoms with Gasteiger partial charge in [0.15, 0.2) is 5.96 Å². The molecule has 7 heteroatoms. The third-order valence-corrected chi connectivity index (χ3v) is 4.90. The second-order valence-electron chi connectivity index (χ2n) is 7.28. The van der Waals surface area contributed by atoms with Crippen LogP contribution < -0.4 is 15.4 Å². The number of ether oxygens (including phenoxy) is 1. The van der Waals surface area contributed by atoms with E-state index in [9.17, 15) is 0 Å². The first-order valence-corrected chi connectivity index (χ1v) is 10.2. The monoisotopic (exact) mass is 487 g/mol. The number of guanidine groups is 1. The molecule has 1 saturated carbocycles. The van der Waals surface area contributed by atoms with E-state index in [2.05, 4.69) is 27.4 Å². The van der Waals surface area contributed by atoms with Gasteiger partial charge in [0, 0.05) is 31.9 Å². The summed E-state index contributed by atoms with van der Waals surface area (Å²) in [6.45, 7) is 8.85. The molecule has 1 aliphatic heterocycles. The van der Waals surface area contributed by atoms with Crippen LogP contribution in [0.2, 0.25) is 0 Å². The number of piperidine rings is 1. The summed E-state index contributed by atoms with van der Waals surface area (Å²) in [6, 6.07) is 4.01. The second-order valence-corrected chi connectivity index (χ2v) is 7.28. The molecule has 0 aromatic carbocycles. The number of aliphatic imine (C=N–C) groups is 1. The Balaban J connectivity index is 0.00000261. The number of aromatic nitrogens is 1. The minimum Gasteiger partial charge on any atom is -0.477 e. The highest BCUT2D eigenvalue weighted by atomic mass is 127. The number of halogens is 1. The molecule has 3 rings (SSSR count). The first-order valence-electron chi connectivity index (χ1n) is 10.2. The fourth-order valence-corrected chi connectivity index (χ4v) is 3.14. The van der Waals surface area contributed by atoms with E-state index in [0.29, 0.717) is 12.4 Å². The summed E-state index contributed by atoms with van der Waals surface area (Å²) in [5, 5.41) is 6.78. The van der Waals surface area contributed by atoms with Gasteiger partial charge in [-0.25, -0.2) is 9.98 Å². The van der Waals surface area contributed by atoms with Crippen LogP contribution in [-0.4, -0.2) is 55.2 Å². The third kappa shape index (κ3) is 8.64. The van der Waals surface area contributed by atoms with Crippen molar-refractivity contribution in [3.8, 4) is 5.88 Å². The van der Waals surface area contributed by atoms with E-state index in [1.807, 2.05) is 18.3 Å². The fourth-order valence-electron chi connectivity index (χ4n) is 3.14. The van der Waals surface area contributed by atoms with Crippen LogP contribution in [-0.2, 0) is 6.54 Å². The van der Waals surface area contributed by atoms with Crippen molar-refractivity contribution < 1.29 is 4.74 Å². The second kappa shape index (κ2) is 12.4. The van der Waals surface area contributed by atoms with Gasteiger partial charge >= 0.3 is 0 Å². The predicted molar refractivity (Wildman–Crippen MR) is 121 cm³/mol. The summed E-state index contributed by atoms with van der Waals surface area (Å²) in [7, 11) is 0. The number of hydrogen-bond donors (Lipinski definition) is 2. The Morgan fingerprint density at radius 1 is 1.26 bits per heavy atom. The van der Waals surface area contributed by atoms with Crippen LogP contribution in [0.4, 0.5) is 0 Å². The van der Waals surface area contributed by atoms with Crippen molar-refractivity contribution in [3.63, 3.8) is 0 Å². The van der Waals surface area contributed by atoms with Gasteiger partial charge in [0.2, 0.25) is 5.88 Å². The molecule has 6 nitrogen and oxygen atoms in total. The van der Waals surface area contributed by atoms with Crippen molar-refractivity contribution in [2.24, 2.45) is 10.9 Å². The van der Waals surface area contributed by atoms with E-state index in [-0.39, 0.29) is 24.0 Å². The highest BCUT2D eigenvalue weighted by molar-refractivity contribution is 14.0.